The van der Waals surface area contributed by atoms with Gasteiger partial charge in [-0.15, -0.1) is 0 Å². The van der Waals surface area contributed by atoms with Crippen LogP contribution in [-0.4, -0.2) is 65.5 Å². The zero-order valence-corrected chi connectivity index (χ0v) is 20.4. The first-order valence-electron chi connectivity index (χ1n) is 12.2. The highest BCUT2D eigenvalue weighted by molar-refractivity contribution is 6.30. The average molecular weight is 478 g/mol. The number of rotatable bonds is 7. The van der Waals surface area contributed by atoms with E-state index >= 15 is 0 Å². The van der Waals surface area contributed by atoms with E-state index in [1.165, 1.54) is 27.5 Å². The summed E-state index contributed by atoms with van der Waals surface area (Å²) in [6.07, 6.45) is 1.30. The normalized spacial score (nSPS) is 21.1. The molecule has 0 radical (unpaired) electrons. The van der Waals surface area contributed by atoms with Crippen molar-refractivity contribution in [1.82, 2.24) is 9.80 Å². The number of aryl methyl sites for hydroxylation is 1. The fourth-order valence-corrected chi connectivity index (χ4v) is 5.33. The molecular formula is C28H32ClN3O2. The second-order valence-corrected chi connectivity index (χ2v) is 9.94. The highest BCUT2D eigenvalue weighted by Gasteiger charge is 2.26. The van der Waals surface area contributed by atoms with E-state index in [1.54, 1.807) is 0 Å². The minimum atomic E-state index is -0.563. The van der Waals surface area contributed by atoms with Gasteiger partial charge in [0.15, 0.2) is 0 Å². The Morgan fingerprint density at radius 3 is 2.71 bits per heavy atom. The second kappa shape index (κ2) is 10.4. The minimum absolute atomic E-state index is 0.212. The molecule has 1 aliphatic carbocycles. The topological polar surface area (TPSA) is 48.3 Å². The van der Waals surface area contributed by atoms with Crippen LogP contribution in [0.15, 0.2) is 65.8 Å². The number of piperazine rings is 1. The van der Waals surface area contributed by atoms with Crippen LogP contribution in [0.5, 0.6) is 0 Å². The molecule has 1 heterocycles. The first-order chi connectivity index (χ1) is 16.6. The second-order valence-electron chi connectivity index (χ2n) is 9.51. The lowest BCUT2D eigenvalue weighted by molar-refractivity contribution is -0.00628. The van der Waals surface area contributed by atoms with E-state index in [2.05, 4.69) is 70.4 Å². The van der Waals surface area contributed by atoms with Crippen molar-refractivity contribution in [3.05, 3.63) is 82.4 Å². The summed E-state index contributed by atoms with van der Waals surface area (Å²) in [6, 6.07) is 21.2. The first-order valence-corrected chi connectivity index (χ1v) is 12.5. The monoisotopic (exact) mass is 477 g/mol. The van der Waals surface area contributed by atoms with E-state index in [0.29, 0.717) is 12.6 Å². The SMILES string of the molecule is CC1CN(Cc2ccc(Cl)cc2)CCN1CC(O)CON=C1CCc2c1ccc1ccccc21. The molecule has 1 N–H and O–H groups in total. The number of oxime groups is 1. The Bertz CT molecular complexity index is 1160. The molecule has 2 unspecified atom stereocenters. The van der Waals surface area contributed by atoms with Crippen LogP contribution in [0.2, 0.25) is 5.02 Å². The number of aliphatic hydroxyl groups excluding tert-OH is 1. The van der Waals surface area contributed by atoms with Gasteiger partial charge in [-0.3, -0.25) is 9.80 Å². The summed E-state index contributed by atoms with van der Waals surface area (Å²) in [5.41, 5.74) is 4.79. The molecule has 0 bridgehead atoms. The molecule has 0 spiro atoms. The van der Waals surface area contributed by atoms with Crippen LogP contribution in [0.3, 0.4) is 0 Å². The largest absolute Gasteiger partial charge is 0.393 e. The number of β-amino-alcohol motifs (C(OH)–C–C–N with tert-alkyl or cyclic N) is 1. The summed E-state index contributed by atoms with van der Waals surface area (Å²) >= 11 is 6.00. The summed E-state index contributed by atoms with van der Waals surface area (Å²) in [5.74, 6) is 0. The quantitative estimate of drug-likeness (QED) is 0.500. The van der Waals surface area contributed by atoms with Gasteiger partial charge in [0, 0.05) is 49.4 Å². The molecule has 6 heteroatoms. The zero-order chi connectivity index (χ0) is 23.5. The summed E-state index contributed by atoms with van der Waals surface area (Å²) in [5, 5.41) is 18.3. The van der Waals surface area contributed by atoms with Gasteiger partial charge in [0.25, 0.3) is 0 Å². The Hall–Kier alpha value is -2.44. The highest BCUT2D eigenvalue weighted by Crippen LogP contribution is 2.30. The van der Waals surface area contributed by atoms with Crippen molar-refractivity contribution in [3.63, 3.8) is 0 Å². The molecule has 2 aliphatic rings. The van der Waals surface area contributed by atoms with Gasteiger partial charge in [0.1, 0.15) is 12.7 Å². The van der Waals surface area contributed by atoms with Crippen molar-refractivity contribution in [2.24, 2.45) is 5.16 Å². The number of nitrogens with zero attached hydrogens (tertiary/aromatic N) is 3. The molecule has 0 saturated carbocycles. The lowest BCUT2D eigenvalue weighted by atomic mass is 10.0. The fraction of sp³-hybridized carbons (Fsp3) is 0.393. The van der Waals surface area contributed by atoms with Gasteiger partial charge in [-0.25, -0.2) is 0 Å². The third kappa shape index (κ3) is 5.28. The molecule has 1 saturated heterocycles. The fourth-order valence-electron chi connectivity index (χ4n) is 5.21. The van der Waals surface area contributed by atoms with E-state index in [9.17, 15) is 5.11 Å². The number of benzene rings is 3. The third-order valence-electron chi connectivity index (χ3n) is 7.02. The molecule has 2 atom stereocenters. The predicted octanol–water partition coefficient (Wildman–Crippen LogP) is 4.73. The molecule has 3 aromatic carbocycles. The molecule has 5 rings (SSSR count). The summed E-state index contributed by atoms with van der Waals surface area (Å²) < 4.78 is 0. The standard InChI is InChI=1S/C28H32ClN3O2/c1-20-16-31(17-21-6-9-23(29)10-7-21)14-15-32(20)18-24(33)19-34-30-28-13-12-26-25-5-3-2-4-22(25)8-11-27(26)28/h2-11,20,24,33H,12-19H2,1H3. The van der Waals surface area contributed by atoms with Crippen molar-refractivity contribution < 1.29 is 9.94 Å². The Balaban J connectivity index is 1.11. The van der Waals surface area contributed by atoms with Crippen molar-refractivity contribution in [1.29, 1.82) is 0 Å². The van der Waals surface area contributed by atoms with Gasteiger partial charge in [-0.05, 0) is 53.8 Å². The molecule has 0 aromatic heterocycles. The molecule has 178 valence electrons. The number of fused-ring (bicyclic) bond motifs is 3. The molecule has 3 aromatic rings. The van der Waals surface area contributed by atoms with Crippen LogP contribution < -0.4 is 0 Å². The van der Waals surface area contributed by atoms with Crippen LogP contribution >= 0.6 is 11.6 Å². The molecular weight excluding hydrogens is 446 g/mol. The number of hydrogen-bond acceptors (Lipinski definition) is 5. The Kier molecular flexibility index (Phi) is 7.16. The highest BCUT2D eigenvalue weighted by atomic mass is 35.5. The molecule has 0 amide bonds. The van der Waals surface area contributed by atoms with Crippen LogP contribution in [0.4, 0.5) is 0 Å². The van der Waals surface area contributed by atoms with E-state index < -0.39 is 6.10 Å². The van der Waals surface area contributed by atoms with E-state index in [0.717, 1.165) is 49.8 Å². The van der Waals surface area contributed by atoms with Gasteiger partial charge in [0.2, 0.25) is 0 Å². The summed E-state index contributed by atoms with van der Waals surface area (Å²) in [7, 11) is 0. The van der Waals surface area contributed by atoms with Crippen LogP contribution in [0.1, 0.15) is 30.0 Å². The lowest BCUT2D eigenvalue weighted by Crippen LogP contribution is -2.53. The maximum atomic E-state index is 10.6. The summed E-state index contributed by atoms with van der Waals surface area (Å²) in [4.78, 5) is 10.4. The molecule has 5 nitrogen and oxygen atoms in total. The van der Waals surface area contributed by atoms with Gasteiger partial charge in [-0.2, -0.15) is 0 Å². The third-order valence-corrected chi connectivity index (χ3v) is 7.27. The van der Waals surface area contributed by atoms with Crippen molar-refractivity contribution in [3.8, 4) is 0 Å². The number of hydrogen-bond donors (Lipinski definition) is 1. The molecule has 34 heavy (non-hydrogen) atoms. The van der Waals surface area contributed by atoms with Crippen LogP contribution in [0, 0.1) is 0 Å². The van der Waals surface area contributed by atoms with Crippen molar-refractivity contribution in [2.75, 3.05) is 32.8 Å². The van der Waals surface area contributed by atoms with Crippen LogP contribution in [0.25, 0.3) is 10.8 Å². The van der Waals surface area contributed by atoms with E-state index in [1.807, 2.05) is 12.1 Å². The van der Waals surface area contributed by atoms with E-state index in [-0.39, 0.29) is 6.61 Å². The van der Waals surface area contributed by atoms with Gasteiger partial charge in [0.05, 0.1) is 5.71 Å². The number of aliphatic hydroxyl groups is 1. The van der Waals surface area contributed by atoms with Gasteiger partial charge in [-0.1, -0.05) is 65.3 Å². The first kappa shape index (κ1) is 23.3. The Labute approximate surface area is 206 Å². The predicted molar refractivity (Wildman–Crippen MR) is 139 cm³/mol. The van der Waals surface area contributed by atoms with E-state index in [4.69, 9.17) is 16.4 Å². The van der Waals surface area contributed by atoms with Gasteiger partial charge >= 0.3 is 0 Å². The number of halogens is 1. The Morgan fingerprint density at radius 1 is 1.06 bits per heavy atom. The Morgan fingerprint density at radius 2 is 1.88 bits per heavy atom. The maximum absolute atomic E-state index is 10.6. The zero-order valence-electron chi connectivity index (χ0n) is 19.7. The smallest absolute Gasteiger partial charge is 0.144 e. The lowest BCUT2D eigenvalue weighted by Gasteiger charge is -2.40. The van der Waals surface area contributed by atoms with Crippen LogP contribution in [-0.2, 0) is 17.8 Å². The molecule has 1 aliphatic heterocycles. The minimum Gasteiger partial charge on any atom is -0.393 e. The van der Waals surface area contributed by atoms with Gasteiger partial charge < -0.3 is 9.94 Å². The summed E-state index contributed by atoms with van der Waals surface area (Å²) in [6.45, 7) is 6.85. The average Bonchev–Trinajstić information content (AvgIpc) is 3.26. The molecule has 1 fully saturated rings. The van der Waals surface area contributed by atoms with Crippen molar-refractivity contribution in [2.45, 2.75) is 38.5 Å². The maximum Gasteiger partial charge on any atom is 0.144 e. The van der Waals surface area contributed by atoms with Crippen molar-refractivity contribution >= 4 is 28.1 Å².